The van der Waals surface area contributed by atoms with Crippen LogP contribution in [0.1, 0.15) is 13.8 Å². The average Bonchev–Trinajstić information content (AvgIpc) is 2.28. The molecule has 0 radical (unpaired) electrons. The Morgan fingerprint density at radius 3 is 2.50 bits per heavy atom. The zero-order chi connectivity index (χ0) is 12.2. The van der Waals surface area contributed by atoms with Crippen LogP contribution in [0.3, 0.4) is 0 Å². The highest BCUT2D eigenvalue weighted by Crippen LogP contribution is 2.27. The Kier molecular flexibility index (Phi) is 4.19. The Morgan fingerprint density at radius 2 is 1.94 bits per heavy atom. The van der Waals surface area contributed by atoms with Crippen LogP contribution in [0.15, 0.2) is 24.3 Å². The lowest BCUT2D eigenvalue weighted by Crippen LogP contribution is -2.46. The number of benzene rings is 1. The van der Waals surface area contributed by atoms with Crippen molar-refractivity contribution in [3.63, 3.8) is 0 Å². The van der Waals surface area contributed by atoms with Crippen LogP contribution in [0.5, 0.6) is 5.75 Å². The van der Waals surface area contributed by atoms with Gasteiger partial charge in [-0.3, -0.25) is 0 Å². The van der Waals surface area contributed by atoms with Crippen LogP contribution < -0.4 is 15.0 Å². The average molecular weight is 222 g/mol. The Hall–Kier alpha value is -1.22. The molecule has 3 heteroatoms. The smallest absolute Gasteiger partial charge is 0.142 e. The number of ether oxygens (including phenoxy) is 1. The van der Waals surface area contributed by atoms with Gasteiger partial charge in [0.2, 0.25) is 0 Å². The molecule has 0 bridgehead atoms. The van der Waals surface area contributed by atoms with Gasteiger partial charge in [0.25, 0.3) is 0 Å². The summed E-state index contributed by atoms with van der Waals surface area (Å²) in [6, 6.07) is 8.07. The van der Waals surface area contributed by atoms with Gasteiger partial charge in [-0.2, -0.15) is 0 Å². The first kappa shape index (κ1) is 12.8. The molecule has 0 aliphatic carbocycles. The molecular formula is C13H22N2O. The number of para-hydroxylation sites is 2. The summed E-state index contributed by atoms with van der Waals surface area (Å²) < 4.78 is 5.35. The van der Waals surface area contributed by atoms with E-state index in [2.05, 4.69) is 37.2 Å². The minimum atomic E-state index is 0.0790. The third-order valence-electron chi connectivity index (χ3n) is 2.81. The van der Waals surface area contributed by atoms with Crippen LogP contribution in [0.4, 0.5) is 5.69 Å². The molecule has 1 rings (SSSR count). The van der Waals surface area contributed by atoms with Gasteiger partial charge in [-0.15, -0.1) is 0 Å². The van der Waals surface area contributed by atoms with Crippen molar-refractivity contribution in [3.05, 3.63) is 24.3 Å². The number of anilines is 1. The number of likely N-dealkylation sites (N-methyl/N-ethyl adjacent to an activating group) is 2. The summed E-state index contributed by atoms with van der Waals surface area (Å²) in [6.45, 7) is 5.28. The molecule has 0 heterocycles. The van der Waals surface area contributed by atoms with Gasteiger partial charge in [0.1, 0.15) is 5.75 Å². The lowest BCUT2D eigenvalue weighted by molar-refractivity contribution is 0.406. The van der Waals surface area contributed by atoms with Crippen molar-refractivity contribution in [2.45, 2.75) is 19.4 Å². The first-order chi connectivity index (χ1) is 7.50. The van der Waals surface area contributed by atoms with Crippen molar-refractivity contribution in [2.75, 3.05) is 32.6 Å². The summed E-state index contributed by atoms with van der Waals surface area (Å²) in [5, 5.41) is 3.30. The minimum absolute atomic E-state index is 0.0790. The number of methoxy groups -OCH3 is 1. The molecule has 0 amide bonds. The lowest BCUT2D eigenvalue weighted by atomic mass is 10.1. The van der Waals surface area contributed by atoms with E-state index in [1.54, 1.807) is 7.11 Å². The highest BCUT2D eigenvalue weighted by molar-refractivity contribution is 5.58. The van der Waals surface area contributed by atoms with Crippen LogP contribution >= 0.6 is 0 Å². The minimum Gasteiger partial charge on any atom is -0.495 e. The van der Waals surface area contributed by atoms with E-state index in [1.165, 1.54) is 0 Å². The van der Waals surface area contributed by atoms with Crippen molar-refractivity contribution < 1.29 is 4.74 Å². The largest absolute Gasteiger partial charge is 0.495 e. The number of hydrogen-bond donors (Lipinski definition) is 1. The van der Waals surface area contributed by atoms with E-state index >= 15 is 0 Å². The number of nitrogens with one attached hydrogen (secondary N) is 1. The van der Waals surface area contributed by atoms with Crippen LogP contribution in [-0.4, -0.2) is 33.3 Å². The molecule has 0 saturated heterocycles. The van der Waals surface area contributed by atoms with Gasteiger partial charge in [-0.25, -0.2) is 0 Å². The molecule has 16 heavy (non-hydrogen) atoms. The van der Waals surface area contributed by atoms with Crippen LogP contribution in [0.2, 0.25) is 0 Å². The maximum absolute atomic E-state index is 5.35. The van der Waals surface area contributed by atoms with Gasteiger partial charge in [0, 0.05) is 19.1 Å². The molecule has 0 atom stereocenters. The molecule has 1 aromatic rings. The van der Waals surface area contributed by atoms with E-state index in [-0.39, 0.29) is 5.54 Å². The fourth-order valence-corrected chi connectivity index (χ4v) is 1.70. The maximum Gasteiger partial charge on any atom is 0.142 e. The molecule has 0 saturated carbocycles. The predicted octanol–water partition coefficient (Wildman–Crippen LogP) is 2.13. The molecule has 0 aliphatic rings. The van der Waals surface area contributed by atoms with Crippen LogP contribution in [-0.2, 0) is 0 Å². The van der Waals surface area contributed by atoms with E-state index < -0.39 is 0 Å². The van der Waals surface area contributed by atoms with Crippen molar-refractivity contribution in [2.24, 2.45) is 0 Å². The maximum atomic E-state index is 5.35. The Morgan fingerprint density at radius 1 is 1.31 bits per heavy atom. The van der Waals surface area contributed by atoms with E-state index in [9.17, 15) is 0 Å². The number of hydrogen-bond acceptors (Lipinski definition) is 3. The molecule has 1 aromatic carbocycles. The molecule has 0 fully saturated rings. The first-order valence-corrected chi connectivity index (χ1v) is 5.53. The second kappa shape index (κ2) is 5.21. The zero-order valence-electron chi connectivity index (χ0n) is 10.9. The summed E-state index contributed by atoms with van der Waals surface area (Å²) in [4.78, 5) is 2.20. The van der Waals surface area contributed by atoms with Gasteiger partial charge < -0.3 is 15.0 Å². The topological polar surface area (TPSA) is 24.5 Å². The molecule has 0 spiro atoms. The Labute approximate surface area is 98.4 Å². The van der Waals surface area contributed by atoms with E-state index in [0.717, 1.165) is 18.0 Å². The molecule has 1 N–H and O–H groups in total. The van der Waals surface area contributed by atoms with E-state index in [4.69, 9.17) is 4.74 Å². The summed E-state index contributed by atoms with van der Waals surface area (Å²) in [5.74, 6) is 0.914. The summed E-state index contributed by atoms with van der Waals surface area (Å²) >= 11 is 0. The van der Waals surface area contributed by atoms with Crippen molar-refractivity contribution >= 4 is 5.69 Å². The highest BCUT2D eigenvalue weighted by atomic mass is 16.5. The number of nitrogens with zero attached hydrogens (tertiary/aromatic N) is 1. The van der Waals surface area contributed by atoms with Gasteiger partial charge in [-0.05, 0) is 33.0 Å². The standard InChI is InChI=1S/C13H22N2O/c1-13(2,14-3)10-15(4)11-8-6-7-9-12(11)16-5/h6-9,14H,10H2,1-5H3. The summed E-state index contributed by atoms with van der Waals surface area (Å²) in [6.07, 6.45) is 0. The fourth-order valence-electron chi connectivity index (χ4n) is 1.70. The fraction of sp³-hybridized carbons (Fsp3) is 0.538. The van der Waals surface area contributed by atoms with Crippen LogP contribution in [0.25, 0.3) is 0 Å². The second-order valence-corrected chi connectivity index (χ2v) is 4.66. The van der Waals surface area contributed by atoms with Gasteiger partial charge in [0.05, 0.1) is 12.8 Å². The van der Waals surface area contributed by atoms with Gasteiger partial charge >= 0.3 is 0 Å². The molecule has 0 aliphatic heterocycles. The quantitative estimate of drug-likeness (QED) is 0.826. The van der Waals surface area contributed by atoms with E-state index in [1.807, 2.05) is 25.2 Å². The third kappa shape index (κ3) is 3.14. The van der Waals surface area contributed by atoms with Gasteiger partial charge in [-0.1, -0.05) is 12.1 Å². The van der Waals surface area contributed by atoms with E-state index in [0.29, 0.717) is 0 Å². The molecule has 0 aromatic heterocycles. The Bertz CT molecular complexity index is 336. The normalized spacial score (nSPS) is 11.3. The van der Waals surface area contributed by atoms with Crippen molar-refractivity contribution in [1.29, 1.82) is 0 Å². The van der Waals surface area contributed by atoms with Crippen molar-refractivity contribution in [1.82, 2.24) is 5.32 Å². The Balaban J connectivity index is 2.84. The molecular weight excluding hydrogens is 200 g/mol. The third-order valence-corrected chi connectivity index (χ3v) is 2.81. The lowest BCUT2D eigenvalue weighted by Gasteiger charge is -2.32. The van der Waals surface area contributed by atoms with Crippen molar-refractivity contribution in [3.8, 4) is 5.75 Å². The monoisotopic (exact) mass is 222 g/mol. The zero-order valence-corrected chi connectivity index (χ0v) is 10.9. The number of rotatable bonds is 5. The summed E-state index contributed by atoms with van der Waals surface area (Å²) in [7, 11) is 5.77. The second-order valence-electron chi connectivity index (χ2n) is 4.66. The highest BCUT2D eigenvalue weighted by Gasteiger charge is 2.18. The predicted molar refractivity (Wildman–Crippen MR) is 69.4 cm³/mol. The summed E-state index contributed by atoms with van der Waals surface area (Å²) in [5.41, 5.74) is 1.20. The SMILES string of the molecule is CNC(C)(C)CN(C)c1ccccc1OC. The molecule has 0 unspecified atom stereocenters. The first-order valence-electron chi connectivity index (χ1n) is 5.53. The van der Waals surface area contributed by atoms with Gasteiger partial charge in [0.15, 0.2) is 0 Å². The molecule has 3 nitrogen and oxygen atoms in total. The molecule has 90 valence electrons. The van der Waals surface area contributed by atoms with Crippen LogP contribution in [0, 0.1) is 0 Å².